The maximum atomic E-state index is 14.0. The third kappa shape index (κ3) is 3.39. The zero-order valence-corrected chi connectivity index (χ0v) is 15.4. The van der Waals surface area contributed by atoms with Gasteiger partial charge in [-0.25, -0.2) is 0 Å². The first kappa shape index (κ1) is 17.9. The smallest absolute Gasteiger partial charge is 0.306 e. The van der Waals surface area contributed by atoms with Gasteiger partial charge in [0, 0.05) is 12.1 Å². The van der Waals surface area contributed by atoms with E-state index in [1.165, 1.54) is 12.1 Å². The minimum atomic E-state index is -3.41. The molecule has 5 nitrogen and oxygen atoms in total. The van der Waals surface area contributed by atoms with Crippen LogP contribution in [0.2, 0.25) is 0 Å². The molecule has 0 saturated carbocycles. The van der Waals surface area contributed by atoms with Gasteiger partial charge in [-0.1, -0.05) is 36.4 Å². The van der Waals surface area contributed by atoms with E-state index in [1.807, 2.05) is 36.4 Å². The Morgan fingerprint density at radius 1 is 0.846 bits per heavy atom. The summed E-state index contributed by atoms with van der Waals surface area (Å²) in [7, 11) is -3.41. The fourth-order valence-electron chi connectivity index (χ4n) is 2.81. The van der Waals surface area contributed by atoms with E-state index >= 15 is 0 Å². The first-order valence-corrected chi connectivity index (χ1v) is 9.71. The summed E-state index contributed by atoms with van der Waals surface area (Å²) in [6.07, 6.45) is 0. The summed E-state index contributed by atoms with van der Waals surface area (Å²) in [6.45, 7) is 3.44. The number of nitro benzene ring substituents is 1. The van der Waals surface area contributed by atoms with Gasteiger partial charge in [-0.05, 0) is 49.2 Å². The molecule has 0 saturated heterocycles. The van der Waals surface area contributed by atoms with Crippen molar-refractivity contribution in [2.24, 2.45) is 0 Å². The molecule has 0 N–H and O–H groups in total. The number of benzene rings is 3. The molecule has 0 atom stereocenters. The van der Waals surface area contributed by atoms with Crippen molar-refractivity contribution >= 4 is 23.7 Å². The molecular weight excluding hydrogens is 349 g/mol. The highest BCUT2D eigenvalue weighted by Gasteiger charge is 2.31. The molecule has 26 heavy (non-hydrogen) atoms. The van der Waals surface area contributed by atoms with E-state index in [9.17, 15) is 14.7 Å². The lowest BCUT2D eigenvalue weighted by molar-refractivity contribution is -0.385. The lowest BCUT2D eigenvalue weighted by atomic mass is 10.1. The van der Waals surface area contributed by atoms with Crippen LogP contribution in [0.25, 0.3) is 0 Å². The van der Waals surface area contributed by atoms with Gasteiger partial charge < -0.3 is 4.52 Å². The molecule has 3 aromatic carbocycles. The van der Waals surface area contributed by atoms with Gasteiger partial charge in [-0.3, -0.25) is 14.7 Å². The number of nitro groups is 1. The summed E-state index contributed by atoms with van der Waals surface area (Å²) in [4.78, 5) is 10.6. The second-order valence-corrected chi connectivity index (χ2v) is 8.30. The highest BCUT2D eigenvalue weighted by molar-refractivity contribution is 7.74. The number of non-ortho nitro benzene ring substituents is 1. The lowest BCUT2D eigenvalue weighted by Crippen LogP contribution is -2.20. The number of hydrogen-bond acceptors (Lipinski definition) is 4. The van der Waals surface area contributed by atoms with Crippen LogP contribution >= 0.6 is 7.37 Å². The fraction of sp³-hybridized carbons (Fsp3) is 0.100. The zero-order valence-electron chi connectivity index (χ0n) is 14.5. The Labute approximate surface area is 151 Å². The van der Waals surface area contributed by atoms with E-state index in [1.54, 1.807) is 38.1 Å². The van der Waals surface area contributed by atoms with Crippen molar-refractivity contribution in [2.75, 3.05) is 0 Å². The molecule has 0 radical (unpaired) electrons. The SMILES string of the molecule is Cc1cc([N+](=O)[O-])cc(C)c1OP(=O)(c1ccccc1)c1ccccc1. The Bertz CT molecular complexity index is 921. The van der Waals surface area contributed by atoms with Gasteiger partial charge in [0.05, 0.1) is 15.5 Å². The van der Waals surface area contributed by atoms with Crippen LogP contribution in [0.1, 0.15) is 11.1 Å². The average Bonchev–Trinajstić information content (AvgIpc) is 2.65. The summed E-state index contributed by atoms with van der Waals surface area (Å²) < 4.78 is 20.1. The van der Waals surface area contributed by atoms with Crippen LogP contribution in [0.15, 0.2) is 72.8 Å². The molecule has 0 aliphatic heterocycles. The van der Waals surface area contributed by atoms with Crippen molar-refractivity contribution in [3.8, 4) is 5.75 Å². The van der Waals surface area contributed by atoms with Crippen LogP contribution in [-0.4, -0.2) is 4.92 Å². The van der Waals surface area contributed by atoms with Gasteiger partial charge in [0.15, 0.2) is 0 Å². The van der Waals surface area contributed by atoms with E-state index in [-0.39, 0.29) is 5.69 Å². The molecule has 3 aromatic rings. The highest BCUT2D eigenvalue weighted by Crippen LogP contribution is 2.47. The van der Waals surface area contributed by atoms with E-state index < -0.39 is 12.3 Å². The largest absolute Gasteiger partial charge is 0.436 e. The van der Waals surface area contributed by atoms with E-state index in [0.717, 1.165) is 0 Å². The van der Waals surface area contributed by atoms with E-state index in [4.69, 9.17) is 4.52 Å². The number of rotatable bonds is 5. The normalized spacial score (nSPS) is 11.2. The van der Waals surface area contributed by atoms with E-state index in [0.29, 0.717) is 27.5 Å². The van der Waals surface area contributed by atoms with Crippen molar-refractivity contribution in [3.05, 3.63) is 94.0 Å². The van der Waals surface area contributed by atoms with Crippen LogP contribution in [-0.2, 0) is 4.57 Å². The Hall–Kier alpha value is -2.91. The molecule has 3 rings (SSSR count). The minimum absolute atomic E-state index is 0.0124. The van der Waals surface area contributed by atoms with Crippen molar-refractivity contribution < 1.29 is 14.0 Å². The van der Waals surface area contributed by atoms with Crippen molar-refractivity contribution in [1.82, 2.24) is 0 Å². The molecule has 0 aliphatic carbocycles. The van der Waals surface area contributed by atoms with Crippen LogP contribution in [0.5, 0.6) is 5.75 Å². The maximum Gasteiger partial charge on any atom is 0.306 e. The second kappa shape index (κ2) is 7.14. The second-order valence-electron chi connectivity index (χ2n) is 5.98. The molecule has 0 amide bonds. The van der Waals surface area contributed by atoms with Crippen LogP contribution in [0, 0.1) is 24.0 Å². The molecule has 0 heterocycles. The summed E-state index contributed by atoms with van der Waals surface area (Å²) >= 11 is 0. The fourth-order valence-corrected chi connectivity index (χ4v) is 4.99. The highest BCUT2D eigenvalue weighted by atomic mass is 31.2. The number of aryl methyl sites for hydroxylation is 2. The third-order valence-electron chi connectivity index (χ3n) is 4.07. The van der Waals surface area contributed by atoms with Crippen LogP contribution < -0.4 is 15.1 Å². The predicted molar refractivity (Wildman–Crippen MR) is 103 cm³/mol. The molecule has 0 unspecified atom stereocenters. The third-order valence-corrected chi connectivity index (χ3v) is 6.46. The van der Waals surface area contributed by atoms with Gasteiger partial charge in [0.1, 0.15) is 5.75 Å². The first-order valence-electron chi connectivity index (χ1n) is 8.08. The topological polar surface area (TPSA) is 69.4 Å². The quantitative estimate of drug-likeness (QED) is 0.378. The molecule has 132 valence electrons. The molecule has 0 spiro atoms. The predicted octanol–water partition coefficient (Wildman–Crippen LogP) is 4.52. The summed E-state index contributed by atoms with van der Waals surface area (Å²) in [5, 5.41) is 12.2. The Balaban J connectivity index is 2.14. The molecule has 0 aliphatic rings. The van der Waals surface area contributed by atoms with Gasteiger partial charge in [0.2, 0.25) is 0 Å². The summed E-state index contributed by atoms with van der Waals surface area (Å²) in [6, 6.07) is 20.9. The summed E-state index contributed by atoms with van der Waals surface area (Å²) in [5.41, 5.74) is 1.13. The van der Waals surface area contributed by atoms with Crippen molar-refractivity contribution in [1.29, 1.82) is 0 Å². The monoisotopic (exact) mass is 367 g/mol. The van der Waals surface area contributed by atoms with Crippen molar-refractivity contribution in [2.45, 2.75) is 13.8 Å². The van der Waals surface area contributed by atoms with Crippen LogP contribution in [0.3, 0.4) is 0 Å². The van der Waals surface area contributed by atoms with E-state index in [2.05, 4.69) is 0 Å². The lowest BCUT2D eigenvalue weighted by Gasteiger charge is -2.22. The Morgan fingerprint density at radius 2 is 1.27 bits per heavy atom. The molecule has 0 fully saturated rings. The Kier molecular flexibility index (Phi) is 4.92. The van der Waals surface area contributed by atoms with Gasteiger partial charge in [-0.15, -0.1) is 0 Å². The Morgan fingerprint density at radius 3 is 1.65 bits per heavy atom. The van der Waals surface area contributed by atoms with Gasteiger partial charge in [0.25, 0.3) is 5.69 Å². The standard InChI is InChI=1S/C20H18NO4P/c1-15-13-17(21(22)23)14-16(2)20(15)25-26(24,18-9-5-3-6-10-18)19-11-7-4-8-12-19/h3-14H,1-2H3. The minimum Gasteiger partial charge on any atom is -0.436 e. The zero-order chi connectivity index (χ0) is 18.7. The summed E-state index contributed by atoms with van der Waals surface area (Å²) in [5.74, 6) is 0.409. The van der Waals surface area contributed by atoms with Crippen molar-refractivity contribution in [3.63, 3.8) is 0 Å². The average molecular weight is 367 g/mol. The molecule has 6 heteroatoms. The number of nitrogens with zero attached hydrogens (tertiary/aromatic N) is 1. The molecule has 0 aromatic heterocycles. The van der Waals surface area contributed by atoms with Gasteiger partial charge >= 0.3 is 7.37 Å². The maximum absolute atomic E-state index is 14.0. The van der Waals surface area contributed by atoms with Crippen LogP contribution in [0.4, 0.5) is 5.69 Å². The first-order chi connectivity index (χ1) is 12.4. The molecular formula is C20H18NO4P. The molecule has 0 bridgehead atoms. The number of hydrogen-bond donors (Lipinski definition) is 0. The van der Waals surface area contributed by atoms with Gasteiger partial charge in [-0.2, -0.15) is 0 Å².